The van der Waals surface area contributed by atoms with Gasteiger partial charge in [-0.2, -0.15) is 0 Å². The zero-order valence-corrected chi connectivity index (χ0v) is 17.3. The smallest absolute Gasteiger partial charge is 0.303 e. The molecule has 0 saturated carbocycles. The summed E-state index contributed by atoms with van der Waals surface area (Å²) in [5, 5.41) is 11.4. The van der Waals surface area contributed by atoms with Crippen LogP contribution in [0.4, 0.5) is 0 Å². The van der Waals surface area contributed by atoms with Gasteiger partial charge < -0.3 is 15.2 Å². The molecule has 0 unspecified atom stereocenters. The summed E-state index contributed by atoms with van der Waals surface area (Å²) in [6.45, 7) is 4.04. The lowest BCUT2D eigenvalue weighted by Gasteiger charge is -2.04. The van der Waals surface area contributed by atoms with Crippen LogP contribution in [0, 0.1) is 0 Å². The molecule has 0 bridgehead atoms. The van der Waals surface area contributed by atoms with Crippen molar-refractivity contribution < 1.29 is 19.4 Å². The largest absolute Gasteiger partial charge is 0.481 e. The number of carbonyl (C=O) groups is 2. The molecule has 5 heteroatoms. The maximum absolute atomic E-state index is 10.7. The van der Waals surface area contributed by atoms with E-state index in [2.05, 4.69) is 17.5 Å². The van der Waals surface area contributed by atoms with Gasteiger partial charge in [-0.05, 0) is 38.5 Å². The lowest BCUT2D eigenvalue weighted by Crippen LogP contribution is -2.20. The summed E-state index contributed by atoms with van der Waals surface area (Å²) in [5.41, 5.74) is 0. The van der Waals surface area contributed by atoms with E-state index in [1.807, 2.05) is 0 Å². The minimum absolute atomic E-state index is 0.0652. The summed E-state index contributed by atoms with van der Waals surface area (Å²) in [6.07, 6.45) is 19.3. The van der Waals surface area contributed by atoms with E-state index in [1.54, 1.807) is 6.92 Å². The van der Waals surface area contributed by atoms with E-state index in [1.165, 1.54) is 32.1 Å². The number of unbranched alkanes of at least 4 members (excludes halogenated alkanes) is 10. The van der Waals surface area contributed by atoms with Gasteiger partial charge in [-0.1, -0.05) is 57.1 Å². The van der Waals surface area contributed by atoms with Gasteiger partial charge in [0.15, 0.2) is 0 Å². The molecule has 0 spiro atoms. The second-order valence-electron chi connectivity index (χ2n) is 7.18. The van der Waals surface area contributed by atoms with Crippen molar-refractivity contribution in [2.75, 3.05) is 19.8 Å². The topological polar surface area (TPSA) is 75.6 Å². The van der Waals surface area contributed by atoms with Crippen LogP contribution in [-0.2, 0) is 14.3 Å². The Hall–Kier alpha value is -1.36. The summed E-state index contributed by atoms with van der Waals surface area (Å²) in [6, 6.07) is 0. The first kappa shape index (κ1) is 25.6. The maximum Gasteiger partial charge on any atom is 0.303 e. The average Bonchev–Trinajstić information content (AvgIpc) is 2.62. The molecular formula is C22H41NO4. The van der Waals surface area contributed by atoms with Crippen molar-refractivity contribution in [1.29, 1.82) is 0 Å². The van der Waals surface area contributed by atoms with Crippen LogP contribution in [0.1, 0.15) is 96.8 Å². The van der Waals surface area contributed by atoms with Crippen LogP contribution in [0.2, 0.25) is 0 Å². The number of allylic oxidation sites excluding steroid dienone is 1. The molecule has 0 heterocycles. The third kappa shape index (κ3) is 24.6. The van der Waals surface area contributed by atoms with Gasteiger partial charge in [0.05, 0.1) is 6.61 Å². The van der Waals surface area contributed by atoms with E-state index in [9.17, 15) is 9.59 Å². The Bertz CT molecular complexity index is 383. The van der Waals surface area contributed by atoms with Crippen molar-refractivity contribution in [3.63, 3.8) is 0 Å². The Morgan fingerprint density at radius 3 is 2.07 bits per heavy atom. The molecule has 0 fully saturated rings. The van der Waals surface area contributed by atoms with Crippen molar-refractivity contribution in [2.45, 2.75) is 96.8 Å². The van der Waals surface area contributed by atoms with Crippen LogP contribution in [0.5, 0.6) is 0 Å². The number of carbonyl (C=O) groups excluding carboxylic acids is 1. The quantitative estimate of drug-likeness (QED) is 0.223. The van der Waals surface area contributed by atoms with Gasteiger partial charge in [0.1, 0.15) is 0 Å². The van der Waals surface area contributed by atoms with Crippen LogP contribution in [0.25, 0.3) is 0 Å². The predicted octanol–water partition coefficient (Wildman–Crippen LogP) is 5.24. The van der Waals surface area contributed by atoms with Crippen molar-refractivity contribution in [1.82, 2.24) is 5.32 Å². The van der Waals surface area contributed by atoms with Gasteiger partial charge in [0.25, 0.3) is 0 Å². The number of carboxylic acid groups (broad SMARTS) is 1. The van der Waals surface area contributed by atoms with Crippen LogP contribution in [-0.4, -0.2) is 36.7 Å². The molecule has 0 atom stereocenters. The molecule has 0 aliphatic carbocycles. The van der Waals surface area contributed by atoms with Crippen molar-refractivity contribution in [3.05, 3.63) is 12.2 Å². The SMILES string of the molecule is CC(=O)NCCCCCCCCCOCC/C=C\CCCCCCC(=O)O. The molecule has 27 heavy (non-hydrogen) atoms. The summed E-state index contributed by atoms with van der Waals surface area (Å²) in [4.78, 5) is 21.1. The molecule has 0 aliphatic heterocycles. The lowest BCUT2D eigenvalue weighted by molar-refractivity contribution is -0.137. The van der Waals surface area contributed by atoms with E-state index < -0.39 is 5.97 Å². The van der Waals surface area contributed by atoms with E-state index in [0.717, 1.165) is 71.1 Å². The molecule has 0 rings (SSSR count). The number of carboxylic acids is 1. The van der Waals surface area contributed by atoms with E-state index >= 15 is 0 Å². The van der Waals surface area contributed by atoms with E-state index in [-0.39, 0.29) is 5.91 Å². The van der Waals surface area contributed by atoms with Gasteiger partial charge in [-0.25, -0.2) is 0 Å². The second kappa shape index (κ2) is 20.9. The number of rotatable bonds is 20. The highest BCUT2D eigenvalue weighted by atomic mass is 16.5. The summed E-state index contributed by atoms with van der Waals surface area (Å²) in [7, 11) is 0. The first-order valence-electron chi connectivity index (χ1n) is 10.8. The van der Waals surface area contributed by atoms with Crippen LogP contribution in [0.3, 0.4) is 0 Å². The van der Waals surface area contributed by atoms with E-state index in [0.29, 0.717) is 6.42 Å². The summed E-state index contributed by atoms with van der Waals surface area (Å²) in [5.74, 6) is -0.624. The molecule has 0 aromatic heterocycles. The fourth-order valence-corrected chi connectivity index (χ4v) is 2.86. The molecule has 0 aliphatic rings. The Morgan fingerprint density at radius 1 is 0.778 bits per heavy atom. The molecule has 158 valence electrons. The molecular weight excluding hydrogens is 342 g/mol. The number of hydrogen-bond donors (Lipinski definition) is 2. The molecule has 0 aromatic rings. The van der Waals surface area contributed by atoms with Gasteiger partial charge in [0.2, 0.25) is 5.91 Å². The minimum atomic E-state index is -0.690. The Kier molecular flexibility index (Phi) is 19.9. The lowest BCUT2D eigenvalue weighted by atomic mass is 10.1. The number of ether oxygens (including phenoxy) is 1. The Labute approximate surface area is 165 Å². The maximum atomic E-state index is 10.7. The highest BCUT2D eigenvalue weighted by molar-refractivity contribution is 5.72. The third-order valence-corrected chi connectivity index (χ3v) is 4.45. The first-order chi connectivity index (χ1) is 13.1. The van der Waals surface area contributed by atoms with Gasteiger partial charge in [-0.15, -0.1) is 0 Å². The zero-order valence-electron chi connectivity index (χ0n) is 17.3. The molecule has 1 amide bonds. The van der Waals surface area contributed by atoms with Crippen LogP contribution >= 0.6 is 0 Å². The normalized spacial score (nSPS) is 11.1. The first-order valence-corrected chi connectivity index (χ1v) is 10.8. The zero-order chi connectivity index (χ0) is 20.0. The summed E-state index contributed by atoms with van der Waals surface area (Å²) >= 11 is 0. The Balaban J connectivity index is 3.10. The van der Waals surface area contributed by atoms with Crippen LogP contribution in [0.15, 0.2) is 12.2 Å². The van der Waals surface area contributed by atoms with Gasteiger partial charge in [-0.3, -0.25) is 9.59 Å². The second-order valence-corrected chi connectivity index (χ2v) is 7.18. The monoisotopic (exact) mass is 383 g/mol. The molecule has 2 N–H and O–H groups in total. The fraction of sp³-hybridized carbons (Fsp3) is 0.818. The fourth-order valence-electron chi connectivity index (χ4n) is 2.86. The number of nitrogens with one attached hydrogen (secondary N) is 1. The number of aliphatic carboxylic acids is 1. The predicted molar refractivity (Wildman–Crippen MR) is 111 cm³/mol. The highest BCUT2D eigenvalue weighted by Crippen LogP contribution is 2.08. The third-order valence-electron chi connectivity index (χ3n) is 4.45. The van der Waals surface area contributed by atoms with E-state index in [4.69, 9.17) is 9.84 Å². The summed E-state index contributed by atoms with van der Waals surface area (Å²) < 4.78 is 5.65. The highest BCUT2D eigenvalue weighted by Gasteiger charge is 1.96. The average molecular weight is 384 g/mol. The molecule has 5 nitrogen and oxygen atoms in total. The molecule has 0 radical (unpaired) electrons. The van der Waals surface area contributed by atoms with Crippen molar-refractivity contribution in [3.8, 4) is 0 Å². The van der Waals surface area contributed by atoms with Crippen LogP contribution < -0.4 is 5.32 Å². The van der Waals surface area contributed by atoms with Gasteiger partial charge >= 0.3 is 5.97 Å². The number of amides is 1. The molecule has 0 saturated heterocycles. The standard InChI is InChI=1S/C22H41NO4/c1-21(24)23-18-14-10-6-4-8-12-16-20-27-19-15-11-7-3-2-5-9-13-17-22(25)26/h7,11H,2-6,8-10,12-20H2,1H3,(H,23,24)(H,25,26)/b11-7-. The van der Waals surface area contributed by atoms with Gasteiger partial charge in [0, 0.05) is 26.5 Å². The minimum Gasteiger partial charge on any atom is -0.481 e. The van der Waals surface area contributed by atoms with Crippen molar-refractivity contribution in [2.24, 2.45) is 0 Å². The van der Waals surface area contributed by atoms with Crippen molar-refractivity contribution >= 4 is 11.9 Å². The Morgan fingerprint density at radius 2 is 1.37 bits per heavy atom. The number of hydrogen-bond acceptors (Lipinski definition) is 3. The molecule has 0 aromatic carbocycles.